The first-order chi connectivity index (χ1) is 10.2. The van der Waals surface area contributed by atoms with Crippen LogP contribution in [0, 0.1) is 6.92 Å². The number of nitrogens with one attached hydrogen (secondary N) is 2. The molecule has 4 heteroatoms. The SMILES string of the molecule is Cc1nc(CN[C@H](C)CCc2c[nH]c3ccccc23)cs1. The summed E-state index contributed by atoms with van der Waals surface area (Å²) in [6.45, 7) is 5.15. The molecule has 0 radical (unpaired) electrons. The number of aromatic amines is 1. The van der Waals surface area contributed by atoms with E-state index in [1.54, 1.807) is 11.3 Å². The zero-order valence-electron chi connectivity index (χ0n) is 12.5. The van der Waals surface area contributed by atoms with Crippen molar-refractivity contribution in [2.24, 2.45) is 0 Å². The molecule has 0 aliphatic heterocycles. The molecule has 0 saturated heterocycles. The second kappa shape index (κ2) is 6.41. The van der Waals surface area contributed by atoms with Crippen molar-refractivity contribution in [2.45, 2.75) is 39.3 Å². The average Bonchev–Trinajstić information content (AvgIpc) is 3.09. The van der Waals surface area contributed by atoms with Gasteiger partial charge < -0.3 is 10.3 Å². The van der Waals surface area contributed by atoms with E-state index in [2.05, 4.69) is 65.0 Å². The Morgan fingerprint density at radius 1 is 1.33 bits per heavy atom. The highest BCUT2D eigenvalue weighted by molar-refractivity contribution is 7.09. The summed E-state index contributed by atoms with van der Waals surface area (Å²) in [6, 6.07) is 8.98. The predicted molar refractivity (Wildman–Crippen MR) is 89.8 cm³/mol. The molecule has 2 N–H and O–H groups in total. The van der Waals surface area contributed by atoms with E-state index in [0.717, 1.165) is 30.1 Å². The maximum atomic E-state index is 4.48. The van der Waals surface area contributed by atoms with Gasteiger partial charge in [0.05, 0.1) is 10.7 Å². The summed E-state index contributed by atoms with van der Waals surface area (Å²) in [5.74, 6) is 0. The van der Waals surface area contributed by atoms with Crippen LogP contribution in [0.25, 0.3) is 10.9 Å². The van der Waals surface area contributed by atoms with Crippen LogP contribution in [0.1, 0.15) is 29.6 Å². The number of hydrogen-bond donors (Lipinski definition) is 2. The molecule has 0 spiro atoms. The largest absolute Gasteiger partial charge is 0.361 e. The molecule has 0 fully saturated rings. The van der Waals surface area contributed by atoms with Crippen LogP contribution in [0.3, 0.4) is 0 Å². The number of aromatic nitrogens is 2. The van der Waals surface area contributed by atoms with Crippen molar-refractivity contribution < 1.29 is 0 Å². The number of rotatable bonds is 6. The van der Waals surface area contributed by atoms with Gasteiger partial charge in [0, 0.05) is 35.1 Å². The zero-order valence-corrected chi connectivity index (χ0v) is 13.3. The molecule has 0 aliphatic rings. The maximum Gasteiger partial charge on any atom is 0.0897 e. The van der Waals surface area contributed by atoms with Crippen LogP contribution in [0.15, 0.2) is 35.8 Å². The second-order valence-electron chi connectivity index (χ2n) is 5.54. The number of benzene rings is 1. The quantitative estimate of drug-likeness (QED) is 0.721. The molecule has 3 rings (SSSR count). The van der Waals surface area contributed by atoms with Crippen molar-refractivity contribution in [1.29, 1.82) is 0 Å². The molecule has 0 amide bonds. The lowest BCUT2D eigenvalue weighted by Crippen LogP contribution is -2.26. The van der Waals surface area contributed by atoms with Gasteiger partial charge in [0.25, 0.3) is 0 Å². The molecule has 2 heterocycles. The lowest BCUT2D eigenvalue weighted by molar-refractivity contribution is 0.511. The van der Waals surface area contributed by atoms with Crippen molar-refractivity contribution >= 4 is 22.2 Å². The highest BCUT2D eigenvalue weighted by atomic mass is 32.1. The average molecular weight is 299 g/mol. The van der Waals surface area contributed by atoms with E-state index < -0.39 is 0 Å². The molecule has 21 heavy (non-hydrogen) atoms. The van der Waals surface area contributed by atoms with Gasteiger partial charge in [-0.3, -0.25) is 0 Å². The number of aryl methyl sites for hydroxylation is 2. The van der Waals surface area contributed by atoms with Gasteiger partial charge >= 0.3 is 0 Å². The Bertz CT molecular complexity index is 713. The summed E-state index contributed by atoms with van der Waals surface area (Å²) < 4.78 is 0. The number of hydrogen-bond acceptors (Lipinski definition) is 3. The van der Waals surface area contributed by atoms with Crippen LogP contribution in [0.4, 0.5) is 0 Å². The Kier molecular flexibility index (Phi) is 4.36. The van der Waals surface area contributed by atoms with Crippen LogP contribution in [0.2, 0.25) is 0 Å². The van der Waals surface area contributed by atoms with Crippen molar-refractivity contribution in [3.8, 4) is 0 Å². The fourth-order valence-electron chi connectivity index (χ4n) is 2.58. The molecule has 0 saturated carbocycles. The fraction of sp³-hybridized carbons (Fsp3) is 0.353. The molecule has 3 nitrogen and oxygen atoms in total. The molecule has 1 atom stereocenters. The lowest BCUT2D eigenvalue weighted by atomic mass is 10.1. The standard InChI is InChI=1S/C17H21N3S/c1-12(18-10-15-11-21-13(2)20-15)7-8-14-9-19-17-6-4-3-5-16(14)17/h3-6,9,11-12,18-19H,7-8,10H2,1-2H3/t12-/m1/s1. The summed E-state index contributed by atoms with van der Waals surface area (Å²) >= 11 is 1.71. The van der Waals surface area contributed by atoms with E-state index in [4.69, 9.17) is 0 Å². The Hall–Kier alpha value is -1.65. The first-order valence-electron chi connectivity index (χ1n) is 7.42. The van der Waals surface area contributed by atoms with Gasteiger partial charge in [0.2, 0.25) is 0 Å². The van der Waals surface area contributed by atoms with Crippen LogP contribution in [-0.2, 0) is 13.0 Å². The van der Waals surface area contributed by atoms with Crippen molar-refractivity contribution in [1.82, 2.24) is 15.3 Å². The third-order valence-corrected chi connectivity index (χ3v) is 4.64. The minimum Gasteiger partial charge on any atom is -0.361 e. The van der Waals surface area contributed by atoms with E-state index >= 15 is 0 Å². The Morgan fingerprint density at radius 2 is 2.19 bits per heavy atom. The summed E-state index contributed by atoms with van der Waals surface area (Å²) in [5.41, 5.74) is 3.78. The molecule has 0 bridgehead atoms. The molecule has 110 valence electrons. The van der Waals surface area contributed by atoms with Gasteiger partial charge in [-0.2, -0.15) is 0 Å². The second-order valence-corrected chi connectivity index (χ2v) is 6.60. The van der Waals surface area contributed by atoms with Crippen molar-refractivity contribution in [3.05, 3.63) is 52.1 Å². The van der Waals surface area contributed by atoms with Gasteiger partial charge in [-0.05, 0) is 38.3 Å². The van der Waals surface area contributed by atoms with Crippen LogP contribution < -0.4 is 5.32 Å². The van der Waals surface area contributed by atoms with Gasteiger partial charge in [0.1, 0.15) is 0 Å². The predicted octanol–water partition coefficient (Wildman–Crippen LogP) is 4.04. The van der Waals surface area contributed by atoms with Crippen LogP contribution >= 0.6 is 11.3 Å². The van der Waals surface area contributed by atoms with Gasteiger partial charge in [-0.15, -0.1) is 11.3 Å². The van der Waals surface area contributed by atoms with Gasteiger partial charge in [-0.25, -0.2) is 4.98 Å². The first-order valence-corrected chi connectivity index (χ1v) is 8.30. The number of nitrogens with zero attached hydrogens (tertiary/aromatic N) is 1. The molecular weight excluding hydrogens is 278 g/mol. The highest BCUT2D eigenvalue weighted by Crippen LogP contribution is 2.19. The number of H-pyrrole nitrogens is 1. The van der Waals surface area contributed by atoms with E-state index in [1.165, 1.54) is 16.5 Å². The van der Waals surface area contributed by atoms with E-state index in [1.807, 2.05) is 0 Å². The normalized spacial score (nSPS) is 12.9. The monoisotopic (exact) mass is 299 g/mol. The Morgan fingerprint density at radius 3 is 3.00 bits per heavy atom. The Labute approximate surface area is 129 Å². The molecule has 0 unspecified atom stereocenters. The Balaban J connectivity index is 1.52. The maximum absolute atomic E-state index is 4.48. The van der Waals surface area contributed by atoms with Gasteiger partial charge in [-0.1, -0.05) is 18.2 Å². The highest BCUT2D eigenvalue weighted by Gasteiger charge is 2.07. The summed E-state index contributed by atoms with van der Waals surface area (Å²) in [6.07, 6.45) is 4.36. The van der Waals surface area contributed by atoms with E-state index in [-0.39, 0.29) is 0 Å². The third kappa shape index (κ3) is 3.52. The summed E-state index contributed by atoms with van der Waals surface area (Å²) in [5, 5.41) is 8.17. The zero-order chi connectivity index (χ0) is 14.7. The lowest BCUT2D eigenvalue weighted by Gasteiger charge is -2.12. The topological polar surface area (TPSA) is 40.7 Å². The van der Waals surface area contributed by atoms with Crippen LogP contribution in [0.5, 0.6) is 0 Å². The minimum absolute atomic E-state index is 0.487. The molecule has 0 aliphatic carbocycles. The fourth-order valence-corrected chi connectivity index (χ4v) is 3.19. The van der Waals surface area contributed by atoms with Crippen molar-refractivity contribution in [2.75, 3.05) is 0 Å². The van der Waals surface area contributed by atoms with E-state index in [0.29, 0.717) is 6.04 Å². The third-order valence-electron chi connectivity index (χ3n) is 3.82. The number of thiazole rings is 1. The number of fused-ring (bicyclic) bond motifs is 1. The van der Waals surface area contributed by atoms with Gasteiger partial charge in [0.15, 0.2) is 0 Å². The molecular formula is C17H21N3S. The van der Waals surface area contributed by atoms with Crippen molar-refractivity contribution in [3.63, 3.8) is 0 Å². The molecule has 1 aromatic carbocycles. The molecule has 3 aromatic rings. The summed E-state index contributed by atoms with van der Waals surface area (Å²) in [7, 11) is 0. The van der Waals surface area contributed by atoms with Crippen LogP contribution in [-0.4, -0.2) is 16.0 Å². The van der Waals surface area contributed by atoms with E-state index in [9.17, 15) is 0 Å². The molecule has 2 aromatic heterocycles. The summed E-state index contributed by atoms with van der Waals surface area (Å²) in [4.78, 5) is 7.83. The minimum atomic E-state index is 0.487. The number of para-hydroxylation sites is 1. The first kappa shape index (κ1) is 14.3. The smallest absolute Gasteiger partial charge is 0.0897 e.